The summed E-state index contributed by atoms with van der Waals surface area (Å²) in [6.45, 7) is 3.02. The summed E-state index contributed by atoms with van der Waals surface area (Å²) in [6.07, 6.45) is -2.98. The van der Waals surface area contributed by atoms with Crippen LogP contribution >= 0.6 is 0 Å². The van der Waals surface area contributed by atoms with Crippen LogP contribution in [0.5, 0.6) is 0 Å². The first-order valence-electron chi connectivity index (χ1n) is 11.4. The molecule has 1 saturated heterocycles. The van der Waals surface area contributed by atoms with E-state index in [9.17, 15) is 9.59 Å². The SMILES string of the molecule is CC(=O)O[C@H]1O[C@@H](/C=N/N(C)C)[C@@H](OCc2ccccc2)[C@@H](OCc2ccccc2)[C@H]1OC(C)=O. The summed E-state index contributed by atoms with van der Waals surface area (Å²) in [5, 5.41) is 5.91. The lowest BCUT2D eigenvalue weighted by atomic mass is 9.98. The second-order valence-electron chi connectivity index (χ2n) is 8.29. The lowest BCUT2D eigenvalue weighted by molar-refractivity contribution is -0.294. The zero-order valence-electron chi connectivity index (χ0n) is 20.4. The minimum Gasteiger partial charge on any atom is -0.453 e. The molecule has 0 amide bonds. The Kier molecular flexibility index (Phi) is 9.77. The molecule has 2 aromatic carbocycles. The number of carbonyl (C=O) groups is 2. The molecule has 0 spiro atoms. The van der Waals surface area contributed by atoms with Gasteiger partial charge in [0, 0.05) is 27.9 Å². The predicted octanol–water partition coefficient (Wildman–Crippen LogP) is 2.92. The van der Waals surface area contributed by atoms with Crippen LogP contribution < -0.4 is 0 Å². The Morgan fingerprint density at radius 1 is 0.829 bits per heavy atom. The number of ether oxygens (including phenoxy) is 5. The van der Waals surface area contributed by atoms with Crippen molar-refractivity contribution >= 4 is 18.2 Å². The van der Waals surface area contributed by atoms with E-state index in [1.54, 1.807) is 25.3 Å². The van der Waals surface area contributed by atoms with Gasteiger partial charge in [0.1, 0.15) is 18.3 Å². The van der Waals surface area contributed by atoms with Crippen molar-refractivity contribution in [2.75, 3.05) is 14.1 Å². The van der Waals surface area contributed by atoms with E-state index in [1.165, 1.54) is 13.8 Å². The first kappa shape index (κ1) is 26.3. The van der Waals surface area contributed by atoms with Gasteiger partial charge in [0.2, 0.25) is 6.29 Å². The number of rotatable bonds is 10. The zero-order valence-corrected chi connectivity index (χ0v) is 20.4. The number of hydrogen-bond acceptors (Lipinski definition) is 9. The van der Waals surface area contributed by atoms with Gasteiger partial charge in [-0.05, 0) is 11.1 Å². The molecule has 9 nitrogen and oxygen atoms in total. The number of hydrazone groups is 1. The molecule has 35 heavy (non-hydrogen) atoms. The van der Waals surface area contributed by atoms with Gasteiger partial charge in [0.25, 0.3) is 0 Å². The van der Waals surface area contributed by atoms with Crippen molar-refractivity contribution in [3.63, 3.8) is 0 Å². The lowest BCUT2D eigenvalue weighted by Gasteiger charge is -2.43. The van der Waals surface area contributed by atoms with Crippen molar-refractivity contribution in [2.45, 2.75) is 57.8 Å². The number of esters is 2. The largest absolute Gasteiger partial charge is 0.453 e. The second kappa shape index (κ2) is 13.0. The van der Waals surface area contributed by atoms with Gasteiger partial charge in [-0.3, -0.25) is 9.59 Å². The van der Waals surface area contributed by atoms with Gasteiger partial charge in [0.15, 0.2) is 6.10 Å². The minimum absolute atomic E-state index is 0.221. The number of hydrogen-bond donors (Lipinski definition) is 0. The van der Waals surface area contributed by atoms with E-state index in [0.29, 0.717) is 0 Å². The maximum absolute atomic E-state index is 12.0. The van der Waals surface area contributed by atoms with Gasteiger partial charge in [-0.1, -0.05) is 60.7 Å². The number of carbonyl (C=O) groups excluding carboxylic acids is 2. The molecule has 0 saturated carbocycles. The summed E-state index contributed by atoms with van der Waals surface area (Å²) >= 11 is 0. The Balaban J connectivity index is 1.95. The van der Waals surface area contributed by atoms with E-state index in [1.807, 2.05) is 60.7 Å². The van der Waals surface area contributed by atoms with Crippen molar-refractivity contribution in [3.05, 3.63) is 71.8 Å². The highest BCUT2D eigenvalue weighted by Crippen LogP contribution is 2.30. The Morgan fingerprint density at radius 3 is 1.83 bits per heavy atom. The first-order chi connectivity index (χ1) is 16.8. The Bertz CT molecular complexity index is 968. The predicted molar refractivity (Wildman–Crippen MR) is 128 cm³/mol. The summed E-state index contributed by atoms with van der Waals surface area (Å²) in [5.41, 5.74) is 1.87. The van der Waals surface area contributed by atoms with Crippen molar-refractivity contribution in [1.29, 1.82) is 0 Å². The Labute approximate surface area is 205 Å². The first-order valence-corrected chi connectivity index (χ1v) is 11.4. The van der Waals surface area contributed by atoms with Crippen molar-refractivity contribution in [2.24, 2.45) is 5.10 Å². The summed E-state index contributed by atoms with van der Waals surface area (Å²) < 4.78 is 29.6. The van der Waals surface area contributed by atoms with Crippen LogP contribution in [0.2, 0.25) is 0 Å². The molecule has 0 aliphatic carbocycles. The van der Waals surface area contributed by atoms with Crippen LogP contribution in [-0.2, 0) is 46.5 Å². The van der Waals surface area contributed by atoms with E-state index in [0.717, 1.165) is 11.1 Å². The van der Waals surface area contributed by atoms with Crippen molar-refractivity contribution in [1.82, 2.24) is 5.01 Å². The zero-order chi connectivity index (χ0) is 25.2. The molecule has 0 bridgehead atoms. The topological polar surface area (TPSA) is 95.9 Å². The fraction of sp³-hybridized carbons (Fsp3) is 0.423. The molecule has 2 aromatic rings. The quantitative estimate of drug-likeness (QED) is 0.289. The summed E-state index contributed by atoms with van der Waals surface area (Å²) in [6, 6.07) is 19.2. The fourth-order valence-corrected chi connectivity index (χ4v) is 3.64. The Morgan fingerprint density at radius 2 is 1.34 bits per heavy atom. The molecule has 5 atom stereocenters. The molecule has 9 heteroatoms. The average molecular weight is 485 g/mol. The molecule has 0 unspecified atom stereocenters. The van der Waals surface area contributed by atoms with Crippen LogP contribution in [0.25, 0.3) is 0 Å². The average Bonchev–Trinajstić information content (AvgIpc) is 2.82. The van der Waals surface area contributed by atoms with Crippen LogP contribution in [0.4, 0.5) is 0 Å². The monoisotopic (exact) mass is 484 g/mol. The number of nitrogens with zero attached hydrogens (tertiary/aromatic N) is 2. The molecule has 1 aliphatic heterocycles. The van der Waals surface area contributed by atoms with Gasteiger partial charge in [0.05, 0.1) is 19.4 Å². The maximum atomic E-state index is 12.0. The van der Waals surface area contributed by atoms with Crippen LogP contribution in [0, 0.1) is 0 Å². The van der Waals surface area contributed by atoms with Gasteiger partial charge >= 0.3 is 11.9 Å². The molecule has 1 heterocycles. The Hall–Kier alpha value is -3.27. The standard InChI is InChI=1S/C26H32N2O7/c1-18(29)33-25-24(32-17-21-13-9-6-10-14-21)23(31-16-20-11-7-5-8-12-20)22(15-27-28(3)4)35-26(25)34-19(2)30/h5-15,22-26H,16-17H2,1-4H3/b27-15+/t22-,23+,24+,25+,26-/m0/s1. The molecule has 0 N–H and O–H groups in total. The van der Waals surface area contributed by atoms with Crippen LogP contribution in [-0.4, -0.2) is 68.0 Å². The highest BCUT2D eigenvalue weighted by molar-refractivity contribution is 5.68. The molecule has 1 fully saturated rings. The highest BCUT2D eigenvalue weighted by Gasteiger charge is 2.50. The van der Waals surface area contributed by atoms with Gasteiger partial charge < -0.3 is 28.7 Å². The molecule has 1 aliphatic rings. The summed E-state index contributed by atoms with van der Waals surface area (Å²) in [5.74, 6) is -1.15. The van der Waals surface area contributed by atoms with Crippen LogP contribution in [0.1, 0.15) is 25.0 Å². The maximum Gasteiger partial charge on any atom is 0.305 e. The molecular formula is C26H32N2O7. The fourth-order valence-electron chi connectivity index (χ4n) is 3.64. The van der Waals surface area contributed by atoms with Crippen molar-refractivity contribution < 1.29 is 33.3 Å². The van der Waals surface area contributed by atoms with E-state index in [4.69, 9.17) is 23.7 Å². The summed E-state index contributed by atoms with van der Waals surface area (Å²) in [4.78, 5) is 23.8. The van der Waals surface area contributed by atoms with E-state index in [-0.39, 0.29) is 13.2 Å². The normalized spacial score (nSPS) is 24.2. The molecule has 188 valence electrons. The van der Waals surface area contributed by atoms with Gasteiger partial charge in [-0.2, -0.15) is 5.10 Å². The second-order valence-corrected chi connectivity index (χ2v) is 8.29. The van der Waals surface area contributed by atoms with Crippen molar-refractivity contribution in [3.8, 4) is 0 Å². The summed E-state index contributed by atoms with van der Waals surface area (Å²) in [7, 11) is 3.54. The number of benzene rings is 2. The molecule has 3 rings (SSSR count). The van der Waals surface area contributed by atoms with E-state index >= 15 is 0 Å². The highest BCUT2D eigenvalue weighted by atomic mass is 16.7. The van der Waals surface area contributed by atoms with E-state index in [2.05, 4.69) is 5.10 Å². The molecule has 0 radical (unpaired) electrons. The van der Waals surface area contributed by atoms with Gasteiger partial charge in [-0.25, -0.2) is 0 Å². The third-order valence-corrected chi connectivity index (χ3v) is 5.13. The molecular weight excluding hydrogens is 452 g/mol. The van der Waals surface area contributed by atoms with Crippen LogP contribution in [0.3, 0.4) is 0 Å². The van der Waals surface area contributed by atoms with E-state index < -0.39 is 42.6 Å². The third-order valence-electron chi connectivity index (χ3n) is 5.13. The smallest absolute Gasteiger partial charge is 0.305 e. The molecule has 0 aromatic heterocycles. The third kappa shape index (κ3) is 8.17. The minimum atomic E-state index is -1.20. The van der Waals surface area contributed by atoms with Crippen LogP contribution in [0.15, 0.2) is 65.8 Å². The lowest BCUT2D eigenvalue weighted by Crippen LogP contribution is -2.61. The van der Waals surface area contributed by atoms with Gasteiger partial charge in [-0.15, -0.1) is 0 Å².